The third-order valence-electron chi connectivity index (χ3n) is 2.66. The van der Waals surface area contributed by atoms with Gasteiger partial charge in [0.1, 0.15) is 6.54 Å². The highest BCUT2D eigenvalue weighted by molar-refractivity contribution is 6.31. The fraction of sp³-hybridized carbons (Fsp3) is 0.286. The fourth-order valence-corrected chi connectivity index (χ4v) is 1.81. The fourth-order valence-electron chi connectivity index (χ4n) is 1.64. The molecule has 5 heteroatoms. The van der Waals surface area contributed by atoms with E-state index in [2.05, 4.69) is 11.9 Å². The lowest BCUT2D eigenvalue weighted by Gasteiger charge is -2.22. The zero-order chi connectivity index (χ0) is 14.4. The summed E-state index contributed by atoms with van der Waals surface area (Å²) < 4.78 is 0. The van der Waals surface area contributed by atoms with E-state index < -0.39 is 0 Å². The van der Waals surface area contributed by atoms with Crippen LogP contribution in [0.1, 0.15) is 12.5 Å². The van der Waals surface area contributed by atoms with Crippen molar-refractivity contribution in [1.82, 2.24) is 5.32 Å². The Morgan fingerprint density at radius 2 is 2.16 bits per heavy atom. The first-order valence-corrected chi connectivity index (χ1v) is 6.26. The number of amides is 2. The molecule has 0 bridgehead atoms. The maximum absolute atomic E-state index is 11.7. The first-order chi connectivity index (χ1) is 8.97. The van der Waals surface area contributed by atoms with Gasteiger partial charge in [0.25, 0.3) is 0 Å². The van der Waals surface area contributed by atoms with Crippen LogP contribution in [0.15, 0.2) is 30.9 Å². The van der Waals surface area contributed by atoms with Crippen LogP contribution < -0.4 is 10.2 Å². The van der Waals surface area contributed by atoms with Crippen LogP contribution in [0.4, 0.5) is 5.69 Å². The first-order valence-electron chi connectivity index (χ1n) is 5.88. The Balaban J connectivity index is 2.95. The molecule has 0 saturated carbocycles. The lowest BCUT2D eigenvalue weighted by atomic mass is 10.1. The third kappa shape index (κ3) is 4.10. The smallest absolute Gasteiger partial charge is 0.240 e. The van der Waals surface area contributed by atoms with Gasteiger partial charge in [-0.05, 0) is 24.6 Å². The van der Waals surface area contributed by atoms with Gasteiger partial charge in [0, 0.05) is 24.2 Å². The first kappa shape index (κ1) is 15.2. The average molecular weight is 281 g/mol. The topological polar surface area (TPSA) is 49.4 Å². The Kier molecular flexibility index (Phi) is 5.57. The molecule has 0 heterocycles. The molecule has 0 spiro atoms. The van der Waals surface area contributed by atoms with Crippen LogP contribution >= 0.6 is 11.6 Å². The van der Waals surface area contributed by atoms with Gasteiger partial charge < -0.3 is 10.2 Å². The summed E-state index contributed by atoms with van der Waals surface area (Å²) in [7, 11) is 0. The van der Waals surface area contributed by atoms with Gasteiger partial charge in [-0.2, -0.15) is 0 Å². The van der Waals surface area contributed by atoms with Crippen molar-refractivity contribution in [3.63, 3.8) is 0 Å². The highest BCUT2D eigenvalue weighted by atomic mass is 35.5. The van der Waals surface area contributed by atoms with Crippen molar-refractivity contribution in [2.75, 3.05) is 18.0 Å². The molecule has 4 nitrogen and oxygen atoms in total. The van der Waals surface area contributed by atoms with Crippen molar-refractivity contribution in [3.8, 4) is 0 Å². The Bertz CT molecular complexity index is 500. The normalized spacial score (nSPS) is 9.84. The highest BCUT2D eigenvalue weighted by Crippen LogP contribution is 2.26. The molecule has 2 amide bonds. The molecule has 0 aliphatic carbocycles. The molecule has 0 radical (unpaired) electrons. The van der Waals surface area contributed by atoms with E-state index in [0.717, 1.165) is 5.56 Å². The third-order valence-corrected chi connectivity index (χ3v) is 3.06. The van der Waals surface area contributed by atoms with Gasteiger partial charge in [0.2, 0.25) is 11.8 Å². The van der Waals surface area contributed by atoms with Crippen LogP contribution in [0.2, 0.25) is 5.02 Å². The minimum absolute atomic E-state index is 0.0373. The summed E-state index contributed by atoms with van der Waals surface area (Å²) in [6, 6.07) is 5.27. The summed E-state index contributed by atoms with van der Waals surface area (Å²) in [6.07, 6.45) is 1.58. The zero-order valence-corrected chi connectivity index (χ0v) is 11.8. The van der Waals surface area contributed by atoms with E-state index >= 15 is 0 Å². The summed E-state index contributed by atoms with van der Waals surface area (Å²) in [6.45, 7) is 7.09. The van der Waals surface area contributed by atoms with Gasteiger partial charge >= 0.3 is 0 Å². The number of halogens is 1. The van der Waals surface area contributed by atoms with Gasteiger partial charge in [0.05, 0.1) is 0 Å². The summed E-state index contributed by atoms with van der Waals surface area (Å²) in [4.78, 5) is 24.8. The molecule has 0 aliphatic heterocycles. The molecule has 1 rings (SSSR count). The number of carbonyl (C=O) groups excluding carboxylic acids is 2. The molecule has 1 N–H and O–H groups in total. The van der Waals surface area contributed by atoms with Crippen LogP contribution in [-0.2, 0) is 9.59 Å². The number of hydrogen-bond donors (Lipinski definition) is 1. The molecular formula is C14H17ClN2O2. The van der Waals surface area contributed by atoms with Gasteiger partial charge in [0.15, 0.2) is 0 Å². The second kappa shape index (κ2) is 6.95. The molecular weight excluding hydrogens is 264 g/mol. The van der Waals surface area contributed by atoms with Gasteiger partial charge in [-0.3, -0.25) is 9.59 Å². The number of nitrogens with zero attached hydrogens (tertiary/aromatic N) is 1. The molecule has 102 valence electrons. The molecule has 1 aromatic carbocycles. The van der Waals surface area contributed by atoms with Crippen molar-refractivity contribution >= 4 is 29.1 Å². The number of rotatable bonds is 5. The predicted molar refractivity (Wildman–Crippen MR) is 77.4 cm³/mol. The number of anilines is 1. The van der Waals surface area contributed by atoms with Crippen molar-refractivity contribution in [3.05, 3.63) is 41.4 Å². The second-order valence-electron chi connectivity index (χ2n) is 4.08. The molecule has 0 atom stereocenters. The van der Waals surface area contributed by atoms with Crippen molar-refractivity contribution < 1.29 is 9.59 Å². The van der Waals surface area contributed by atoms with Crippen LogP contribution in [0.25, 0.3) is 0 Å². The number of carbonyl (C=O) groups is 2. The SMILES string of the molecule is C=CCNC(=O)CN(C(C)=O)c1cccc(Cl)c1C. The highest BCUT2D eigenvalue weighted by Gasteiger charge is 2.18. The van der Waals surface area contributed by atoms with Crippen LogP contribution in [0.5, 0.6) is 0 Å². The van der Waals surface area contributed by atoms with Gasteiger partial charge in [-0.25, -0.2) is 0 Å². The van der Waals surface area contributed by atoms with Crippen molar-refractivity contribution in [2.24, 2.45) is 0 Å². The Labute approximate surface area is 118 Å². The predicted octanol–water partition coefficient (Wildman–Crippen LogP) is 2.30. The monoisotopic (exact) mass is 280 g/mol. The van der Waals surface area contributed by atoms with E-state index in [1.54, 1.807) is 24.3 Å². The maximum atomic E-state index is 11.7. The van der Waals surface area contributed by atoms with Crippen molar-refractivity contribution in [2.45, 2.75) is 13.8 Å². The quantitative estimate of drug-likeness (QED) is 0.842. The number of benzene rings is 1. The van der Waals surface area contributed by atoms with E-state index in [0.29, 0.717) is 17.3 Å². The largest absolute Gasteiger partial charge is 0.351 e. The Morgan fingerprint density at radius 3 is 2.74 bits per heavy atom. The lowest BCUT2D eigenvalue weighted by Crippen LogP contribution is -2.40. The molecule has 0 saturated heterocycles. The molecule has 0 aromatic heterocycles. The molecule has 0 aliphatic rings. The maximum Gasteiger partial charge on any atom is 0.240 e. The molecule has 0 fully saturated rings. The molecule has 0 unspecified atom stereocenters. The van der Waals surface area contributed by atoms with Gasteiger partial charge in [-0.1, -0.05) is 23.7 Å². The summed E-state index contributed by atoms with van der Waals surface area (Å²) >= 11 is 6.03. The van der Waals surface area contributed by atoms with E-state index in [4.69, 9.17) is 11.6 Å². The molecule has 1 aromatic rings. The Hall–Kier alpha value is -1.81. The summed E-state index contributed by atoms with van der Waals surface area (Å²) in [5, 5.41) is 3.20. The van der Waals surface area contributed by atoms with E-state index in [1.165, 1.54) is 11.8 Å². The van der Waals surface area contributed by atoms with Crippen LogP contribution in [-0.4, -0.2) is 24.9 Å². The van der Waals surface area contributed by atoms with Gasteiger partial charge in [-0.15, -0.1) is 6.58 Å². The average Bonchev–Trinajstić information content (AvgIpc) is 2.37. The standard InChI is InChI=1S/C14H17ClN2O2/c1-4-8-16-14(19)9-17(11(3)18)13-7-5-6-12(15)10(13)2/h4-7H,1,8-9H2,2-3H3,(H,16,19). The number of nitrogens with one attached hydrogen (secondary N) is 1. The van der Waals surface area contributed by atoms with E-state index in [1.807, 2.05) is 6.92 Å². The summed E-state index contributed by atoms with van der Waals surface area (Å²) in [5.41, 5.74) is 1.42. The second-order valence-corrected chi connectivity index (χ2v) is 4.49. The van der Waals surface area contributed by atoms with E-state index in [9.17, 15) is 9.59 Å². The summed E-state index contributed by atoms with van der Waals surface area (Å²) in [5.74, 6) is -0.450. The zero-order valence-electron chi connectivity index (χ0n) is 11.1. The minimum Gasteiger partial charge on any atom is -0.351 e. The van der Waals surface area contributed by atoms with Crippen LogP contribution in [0, 0.1) is 6.92 Å². The van der Waals surface area contributed by atoms with Crippen LogP contribution in [0.3, 0.4) is 0 Å². The minimum atomic E-state index is -0.241. The lowest BCUT2D eigenvalue weighted by molar-refractivity contribution is -0.122. The van der Waals surface area contributed by atoms with E-state index in [-0.39, 0.29) is 18.4 Å². The molecule has 19 heavy (non-hydrogen) atoms. The van der Waals surface area contributed by atoms with Crippen molar-refractivity contribution in [1.29, 1.82) is 0 Å². The number of hydrogen-bond acceptors (Lipinski definition) is 2. The Morgan fingerprint density at radius 1 is 1.47 bits per heavy atom.